The third-order valence-electron chi connectivity index (χ3n) is 5.70. The van der Waals surface area contributed by atoms with Crippen LogP contribution in [0.15, 0.2) is 53.6 Å². The first-order valence-electron chi connectivity index (χ1n) is 9.80. The van der Waals surface area contributed by atoms with Gasteiger partial charge in [-0.15, -0.1) is 0 Å². The average Bonchev–Trinajstić information content (AvgIpc) is 3.04. The van der Waals surface area contributed by atoms with Crippen molar-refractivity contribution >= 4 is 22.1 Å². The van der Waals surface area contributed by atoms with E-state index >= 15 is 0 Å². The van der Waals surface area contributed by atoms with Crippen molar-refractivity contribution in [2.45, 2.75) is 32.4 Å². The Labute approximate surface area is 162 Å². The van der Waals surface area contributed by atoms with E-state index in [1.165, 1.54) is 16.5 Å². The maximum atomic E-state index is 12.4. The SMILES string of the molecule is Cc1ccc2ncc(CN3CCC(n4c(=O)[nH]c5cccnc54)CC3)cc2c1. The molecule has 5 rings (SSSR count). The summed E-state index contributed by atoms with van der Waals surface area (Å²) in [6.07, 6.45) is 5.63. The van der Waals surface area contributed by atoms with Crippen molar-refractivity contribution in [2.24, 2.45) is 0 Å². The van der Waals surface area contributed by atoms with Gasteiger partial charge in [-0.1, -0.05) is 11.6 Å². The molecule has 1 aliphatic heterocycles. The smallest absolute Gasteiger partial charge is 0.304 e. The number of nitrogens with zero attached hydrogens (tertiary/aromatic N) is 4. The number of pyridine rings is 2. The molecule has 4 aromatic rings. The van der Waals surface area contributed by atoms with Crippen LogP contribution in [0.2, 0.25) is 0 Å². The Morgan fingerprint density at radius 1 is 1.14 bits per heavy atom. The Bertz CT molecular complexity index is 1200. The lowest BCUT2D eigenvalue weighted by Gasteiger charge is -2.32. The molecule has 6 heteroatoms. The number of aryl methyl sites for hydroxylation is 1. The van der Waals surface area contributed by atoms with Gasteiger partial charge in [0.2, 0.25) is 0 Å². The van der Waals surface area contributed by atoms with Crippen molar-refractivity contribution in [1.82, 2.24) is 24.4 Å². The number of hydrogen-bond donors (Lipinski definition) is 1. The van der Waals surface area contributed by atoms with Crippen LogP contribution in [0.5, 0.6) is 0 Å². The second-order valence-corrected chi connectivity index (χ2v) is 7.72. The third kappa shape index (κ3) is 3.10. The van der Waals surface area contributed by atoms with Crippen LogP contribution in [0, 0.1) is 6.92 Å². The predicted molar refractivity (Wildman–Crippen MR) is 110 cm³/mol. The number of imidazole rings is 1. The highest BCUT2D eigenvalue weighted by molar-refractivity contribution is 5.79. The molecule has 3 aromatic heterocycles. The molecule has 6 nitrogen and oxygen atoms in total. The van der Waals surface area contributed by atoms with Gasteiger partial charge in [0.05, 0.1) is 11.0 Å². The van der Waals surface area contributed by atoms with Gasteiger partial charge < -0.3 is 4.98 Å². The van der Waals surface area contributed by atoms with Crippen LogP contribution in [-0.4, -0.2) is 37.5 Å². The van der Waals surface area contributed by atoms with E-state index in [1.54, 1.807) is 6.20 Å². The lowest BCUT2D eigenvalue weighted by atomic mass is 10.0. The van der Waals surface area contributed by atoms with Crippen molar-refractivity contribution in [3.05, 3.63) is 70.4 Å². The van der Waals surface area contributed by atoms with Crippen molar-refractivity contribution in [3.63, 3.8) is 0 Å². The molecule has 0 amide bonds. The van der Waals surface area contributed by atoms with Gasteiger partial charge in [0.15, 0.2) is 5.65 Å². The summed E-state index contributed by atoms with van der Waals surface area (Å²) in [5.41, 5.74) is 5.06. The van der Waals surface area contributed by atoms with Gasteiger partial charge >= 0.3 is 5.69 Å². The number of rotatable bonds is 3. The van der Waals surface area contributed by atoms with E-state index in [9.17, 15) is 4.79 Å². The van der Waals surface area contributed by atoms with Crippen molar-refractivity contribution in [2.75, 3.05) is 13.1 Å². The number of benzene rings is 1. The van der Waals surface area contributed by atoms with Crippen LogP contribution in [0.25, 0.3) is 22.1 Å². The second-order valence-electron chi connectivity index (χ2n) is 7.72. The van der Waals surface area contributed by atoms with Crippen molar-refractivity contribution < 1.29 is 0 Å². The van der Waals surface area contributed by atoms with Crippen LogP contribution in [0.1, 0.15) is 30.0 Å². The highest BCUT2D eigenvalue weighted by Crippen LogP contribution is 2.25. The summed E-state index contributed by atoms with van der Waals surface area (Å²) >= 11 is 0. The summed E-state index contributed by atoms with van der Waals surface area (Å²) in [4.78, 5) is 26.8. The molecule has 1 aliphatic rings. The minimum absolute atomic E-state index is 0.0544. The highest BCUT2D eigenvalue weighted by Gasteiger charge is 2.24. The molecule has 0 radical (unpaired) electrons. The molecule has 0 spiro atoms. The van der Waals surface area contributed by atoms with Gasteiger partial charge in [-0.25, -0.2) is 9.78 Å². The Hall–Kier alpha value is -2.99. The number of aromatic nitrogens is 4. The second kappa shape index (κ2) is 6.87. The normalized spacial score (nSPS) is 16.2. The molecule has 4 heterocycles. The molecule has 1 N–H and O–H groups in total. The minimum Gasteiger partial charge on any atom is -0.304 e. The van der Waals surface area contributed by atoms with E-state index in [1.807, 2.05) is 22.9 Å². The first-order valence-corrected chi connectivity index (χ1v) is 9.80. The first kappa shape index (κ1) is 17.1. The van der Waals surface area contributed by atoms with Gasteiger partial charge in [0.25, 0.3) is 0 Å². The molecule has 28 heavy (non-hydrogen) atoms. The largest absolute Gasteiger partial charge is 0.327 e. The summed E-state index contributed by atoms with van der Waals surface area (Å²) in [5.74, 6) is 0. The summed E-state index contributed by atoms with van der Waals surface area (Å²) in [7, 11) is 0. The van der Waals surface area contributed by atoms with E-state index in [0.29, 0.717) is 0 Å². The van der Waals surface area contributed by atoms with Gasteiger partial charge in [-0.3, -0.25) is 14.5 Å². The molecule has 0 aliphatic carbocycles. The van der Waals surface area contributed by atoms with Crippen LogP contribution < -0.4 is 5.69 Å². The Kier molecular flexibility index (Phi) is 4.20. The lowest BCUT2D eigenvalue weighted by Crippen LogP contribution is -2.36. The fourth-order valence-electron chi connectivity index (χ4n) is 4.27. The Morgan fingerprint density at radius 3 is 2.86 bits per heavy atom. The molecule has 0 bridgehead atoms. The van der Waals surface area contributed by atoms with E-state index in [0.717, 1.165) is 49.2 Å². The fraction of sp³-hybridized carbons (Fsp3) is 0.318. The zero-order chi connectivity index (χ0) is 19.1. The zero-order valence-corrected chi connectivity index (χ0v) is 15.9. The van der Waals surface area contributed by atoms with Crippen molar-refractivity contribution in [3.8, 4) is 0 Å². The van der Waals surface area contributed by atoms with Crippen LogP contribution >= 0.6 is 0 Å². The monoisotopic (exact) mass is 373 g/mol. The van der Waals surface area contributed by atoms with Gasteiger partial charge in [0.1, 0.15) is 0 Å². The number of likely N-dealkylation sites (tertiary alicyclic amines) is 1. The van der Waals surface area contributed by atoms with Gasteiger partial charge in [-0.05, 0) is 55.7 Å². The molecular formula is C22H23N5O. The molecule has 142 valence electrons. The number of nitrogens with one attached hydrogen (secondary N) is 1. The van der Waals surface area contributed by atoms with E-state index < -0.39 is 0 Å². The summed E-state index contributed by atoms with van der Waals surface area (Å²) in [6.45, 7) is 4.92. The molecular weight excluding hydrogens is 350 g/mol. The van der Waals surface area contributed by atoms with Gasteiger partial charge in [-0.2, -0.15) is 0 Å². The van der Waals surface area contributed by atoms with Crippen molar-refractivity contribution in [1.29, 1.82) is 0 Å². The number of H-pyrrole nitrogens is 1. The van der Waals surface area contributed by atoms with Gasteiger partial charge in [0, 0.05) is 43.5 Å². The zero-order valence-electron chi connectivity index (χ0n) is 15.9. The van der Waals surface area contributed by atoms with E-state index in [-0.39, 0.29) is 11.7 Å². The molecule has 1 aromatic carbocycles. The summed E-state index contributed by atoms with van der Waals surface area (Å²) < 4.78 is 1.84. The molecule has 1 saturated heterocycles. The Balaban J connectivity index is 1.31. The summed E-state index contributed by atoms with van der Waals surface area (Å²) in [6, 6.07) is 12.6. The number of piperidine rings is 1. The van der Waals surface area contributed by atoms with E-state index in [4.69, 9.17) is 0 Å². The fourth-order valence-corrected chi connectivity index (χ4v) is 4.27. The lowest BCUT2D eigenvalue weighted by molar-refractivity contribution is 0.179. The maximum Gasteiger partial charge on any atom is 0.327 e. The predicted octanol–water partition coefficient (Wildman–Crippen LogP) is 3.42. The molecule has 0 saturated carbocycles. The van der Waals surface area contributed by atoms with Crippen LogP contribution in [0.4, 0.5) is 0 Å². The maximum absolute atomic E-state index is 12.4. The quantitative estimate of drug-likeness (QED) is 0.598. The molecule has 0 atom stereocenters. The molecule has 1 fully saturated rings. The summed E-state index contributed by atoms with van der Waals surface area (Å²) in [5, 5.41) is 1.20. The first-order chi connectivity index (χ1) is 13.7. The van der Waals surface area contributed by atoms with Crippen LogP contribution in [0.3, 0.4) is 0 Å². The number of fused-ring (bicyclic) bond motifs is 2. The average molecular weight is 373 g/mol. The minimum atomic E-state index is -0.0544. The Morgan fingerprint density at radius 2 is 2.00 bits per heavy atom. The number of hydrogen-bond acceptors (Lipinski definition) is 4. The topological polar surface area (TPSA) is 66.8 Å². The number of aromatic amines is 1. The highest BCUT2D eigenvalue weighted by atomic mass is 16.1. The third-order valence-corrected chi connectivity index (χ3v) is 5.70. The standard InChI is InChI=1S/C22H23N5O/c1-15-4-5-19-17(11-15)12-16(13-24-19)14-26-9-6-18(7-10-26)27-21-20(25-22(27)28)3-2-8-23-21/h2-5,8,11-13,18H,6-7,9-10,14H2,1H3,(H,25,28). The van der Waals surface area contributed by atoms with Crippen LogP contribution in [-0.2, 0) is 6.54 Å². The van der Waals surface area contributed by atoms with E-state index in [2.05, 4.69) is 51.0 Å². The molecule has 0 unspecified atom stereocenters.